The van der Waals surface area contributed by atoms with Gasteiger partial charge < -0.3 is 35.1 Å². The van der Waals surface area contributed by atoms with Gasteiger partial charge in [0.2, 0.25) is 5.91 Å². The first kappa shape index (κ1) is 35.7. The van der Waals surface area contributed by atoms with Gasteiger partial charge in [0, 0.05) is 24.8 Å². The third-order valence-corrected chi connectivity index (χ3v) is 7.91. The highest BCUT2D eigenvalue weighted by atomic mass is 16.5. The molecule has 4 rings (SSSR count). The number of amides is 4. The molecule has 254 valence electrons. The Labute approximate surface area is 281 Å². The Morgan fingerprint density at radius 1 is 0.854 bits per heavy atom. The van der Waals surface area contributed by atoms with Gasteiger partial charge in [-0.3, -0.25) is 9.78 Å². The lowest BCUT2D eigenvalue weighted by molar-refractivity contribution is -0.125. The lowest BCUT2D eigenvalue weighted by atomic mass is 9.93. The summed E-state index contributed by atoms with van der Waals surface area (Å²) in [6.45, 7) is 4.01. The molecule has 48 heavy (non-hydrogen) atoms. The van der Waals surface area contributed by atoms with Crippen molar-refractivity contribution in [2.24, 2.45) is 5.92 Å². The number of alkyl carbamates (subject to hydrolysis) is 1. The Kier molecular flexibility index (Phi) is 13.6. The van der Waals surface area contributed by atoms with E-state index in [1.165, 1.54) is 17.4 Å². The van der Waals surface area contributed by atoms with Crippen LogP contribution < -0.4 is 16.0 Å². The summed E-state index contributed by atoms with van der Waals surface area (Å²) >= 11 is 0. The Bertz CT molecular complexity index is 1540. The molecule has 0 fully saturated rings. The maximum atomic E-state index is 13.8. The molecule has 1 unspecified atom stereocenters. The molecule has 4 amide bonds. The van der Waals surface area contributed by atoms with Gasteiger partial charge in [0.25, 0.3) is 0 Å². The van der Waals surface area contributed by atoms with Crippen molar-refractivity contribution in [3.05, 3.63) is 126 Å². The largest absolute Gasteiger partial charge is 0.472 e. The van der Waals surface area contributed by atoms with Gasteiger partial charge in [-0.15, -0.1) is 0 Å². The summed E-state index contributed by atoms with van der Waals surface area (Å²) in [5.41, 5.74) is 3.31. The minimum absolute atomic E-state index is 0.0367. The molecule has 0 spiro atoms. The van der Waals surface area contributed by atoms with Crippen molar-refractivity contribution >= 4 is 18.0 Å². The van der Waals surface area contributed by atoms with E-state index in [1.807, 2.05) is 86.6 Å². The number of urea groups is 1. The van der Waals surface area contributed by atoms with Crippen LogP contribution in [0.15, 0.2) is 108 Å². The molecule has 0 aliphatic rings. The molecule has 0 saturated carbocycles. The van der Waals surface area contributed by atoms with Crippen LogP contribution in [-0.4, -0.2) is 64.3 Å². The smallest absolute Gasteiger partial charge is 0.407 e. The van der Waals surface area contributed by atoms with Crippen LogP contribution in [0, 0.1) is 5.92 Å². The molecule has 2 aromatic heterocycles. The van der Waals surface area contributed by atoms with E-state index < -0.39 is 42.3 Å². The molecule has 4 aromatic rings. The van der Waals surface area contributed by atoms with Crippen LogP contribution in [0.3, 0.4) is 0 Å². The number of carbonyl (C=O) groups is 3. The summed E-state index contributed by atoms with van der Waals surface area (Å²) in [6, 6.07) is 23.8. The number of hydrogen-bond acceptors (Lipinski definition) is 7. The molecule has 0 bridgehead atoms. The van der Waals surface area contributed by atoms with Crippen LogP contribution in [0.2, 0.25) is 0 Å². The number of nitrogens with one attached hydrogen (secondary N) is 3. The highest BCUT2D eigenvalue weighted by Crippen LogP contribution is 2.16. The molecule has 0 aliphatic heterocycles. The maximum absolute atomic E-state index is 13.8. The van der Waals surface area contributed by atoms with E-state index in [0.29, 0.717) is 18.4 Å². The highest BCUT2D eigenvalue weighted by molar-refractivity contribution is 5.87. The van der Waals surface area contributed by atoms with Crippen molar-refractivity contribution < 1.29 is 28.6 Å². The van der Waals surface area contributed by atoms with Crippen LogP contribution >= 0.6 is 0 Å². The zero-order chi connectivity index (χ0) is 34.3. The minimum atomic E-state index is -1.06. The molecule has 11 heteroatoms. The number of rotatable bonds is 16. The molecule has 4 N–H and O–H groups in total. The first-order valence-electron chi connectivity index (χ1n) is 16.1. The molecule has 2 heterocycles. The van der Waals surface area contributed by atoms with E-state index in [2.05, 4.69) is 20.9 Å². The fourth-order valence-corrected chi connectivity index (χ4v) is 5.29. The van der Waals surface area contributed by atoms with E-state index in [0.717, 1.165) is 16.8 Å². The topological polar surface area (TPSA) is 146 Å². The predicted octanol–water partition coefficient (Wildman–Crippen LogP) is 4.86. The first-order valence-corrected chi connectivity index (χ1v) is 16.1. The molecule has 11 nitrogen and oxygen atoms in total. The summed E-state index contributed by atoms with van der Waals surface area (Å²) in [5, 5.41) is 20.5. The summed E-state index contributed by atoms with van der Waals surface area (Å²) < 4.78 is 10.4. The monoisotopic (exact) mass is 655 g/mol. The number of benzene rings is 2. The number of aromatic nitrogens is 1. The SMILES string of the molecule is CC(C)C(NC(=O)N(C)Cc1ccccn1)C(=O)N[C@@H](Cc1ccccc1)[C@@H](O)C[C@H](Cc1ccccc1)NC(=O)OCc1ccoc1. The van der Waals surface area contributed by atoms with Gasteiger partial charge in [-0.05, 0) is 54.5 Å². The quantitative estimate of drug-likeness (QED) is 0.135. The van der Waals surface area contributed by atoms with Crippen LogP contribution in [0.4, 0.5) is 9.59 Å². The molecule has 2 aromatic carbocycles. The Hall–Kier alpha value is -5.16. The van der Waals surface area contributed by atoms with E-state index >= 15 is 0 Å². The van der Waals surface area contributed by atoms with Gasteiger partial charge in [0.15, 0.2) is 0 Å². The lowest BCUT2D eigenvalue weighted by Gasteiger charge is -2.31. The van der Waals surface area contributed by atoms with Crippen LogP contribution in [0.1, 0.15) is 42.7 Å². The number of furan rings is 1. The fraction of sp³-hybridized carbons (Fsp3) is 0.351. The second-order valence-electron chi connectivity index (χ2n) is 12.2. The Morgan fingerprint density at radius 3 is 2.12 bits per heavy atom. The Balaban J connectivity index is 1.47. The maximum Gasteiger partial charge on any atom is 0.407 e. The van der Waals surface area contributed by atoms with Gasteiger partial charge in [0.1, 0.15) is 12.6 Å². The average Bonchev–Trinajstić information content (AvgIpc) is 3.61. The van der Waals surface area contributed by atoms with E-state index in [9.17, 15) is 19.5 Å². The third-order valence-electron chi connectivity index (χ3n) is 7.91. The van der Waals surface area contributed by atoms with Crippen molar-refractivity contribution in [2.75, 3.05) is 7.05 Å². The standard InChI is InChI=1S/C37H45N5O6/c1-26(2)34(41-36(45)42(3)23-30-16-10-11-18-38-30)35(44)40-32(21-28-14-8-5-9-15-28)33(43)22-31(20-27-12-6-4-7-13-27)39-37(46)48-25-29-17-19-47-24-29/h4-19,24,26,31-34,43H,20-23,25H2,1-3H3,(H,39,46)(H,40,44)(H,41,45)/t31-,32-,33-,34?/m0/s1. The van der Waals surface area contributed by atoms with Gasteiger partial charge in [0.05, 0.1) is 36.9 Å². The fourth-order valence-electron chi connectivity index (χ4n) is 5.29. The van der Waals surface area contributed by atoms with Gasteiger partial charge in [-0.1, -0.05) is 80.6 Å². The van der Waals surface area contributed by atoms with Crippen molar-refractivity contribution in [3.8, 4) is 0 Å². The normalized spacial score (nSPS) is 13.5. The number of carbonyl (C=O) groups excluding carboxylic acids is 3. The van der Waals surface area contributed by atoms with E-state index in [4.69, 9.17) is 9.15 Å². The predicted molar refractivity (Wildman–Crippen MR) is 182 cm³/mol. The zero-order valence-corrected chi connectivity index (χ0v) is 27.6. The van der Waals surface area contributed by atoms with E-state index in [-0.39, 0.29) is 25.5 Å². The lowest BCUT2D eigenvalue weighted by Crippen LogP contribution is -2.57. The van der Waals surface area contributed by atoms with Crippen molar-refractivity contribution in [3.63, 3.8) is 0 Å². The molecule has 4 atom stereocenters. The van der Waals surface area contributed by atoms with Crippen LogP contribution in [0.25, 0.3) is 0 Å². The third kappa shape index (κ3) is 11.6. The number of pyridine rings is 1. The average molecular weight is 656 g/mol. The van der Waals surface area contributed by atoms with Crippen LogP contribution in [-0.2, 0) is 35.5 Å². The number of aliphatic hydroxyl groups excluding tert-OH is 1. The highest BCUT2D eigenvalue weighted by Gasteiger charge is 2.31. The molecule has 0 aliphatic carbocycles. The number of nitrogens with zero attached hydrogens (tertiary/aromatic N) is 2. The van der Waals surface area contributed by atoms with Crippen molar-refractivity contribution in [2.45, 2.75) is 70.5 Å². The van der Waals surface area contributed by atoms with Gasteiger partial charge in [-0.2, -0.15) is 0 Å². The second-order valence-corrected chi connectivity index (χ2v) is 12.2. The van der Waals surface area contributed by atoms with Gasteiger partial charge in [-0.25, -0.2) is 9.59 Å². The van der Waals surface area contributed by atoms with Gasteiger partial charge >= 0.3 is 12.1 Å². The Morgan fingerprint density at radius 2 is 1.52 bits per heavy atom. The number of hydrogen-bond donors (Lipinski definition) is 4. The summed E-state index contributed by atoms with van der Waals surface area (Å²) in [6.07, 6.45) is 3.85. The molecular formula is C37H45N5O6. The summed E-state index contributed by atoms with van der Waals surface area (Å²) in [7, 11) is 1.64. The number of ether oxygens (including phenoxy) is 1. The van der Waals surface area contributed by atoms with E-state index in [1.54, 1.807) is 25.4 Å². The first-order chi connectivity index (χ1) is 23.2. The molecular weight excluding hydrogens is 610 g/mol. The van der Waals surface area contributed by atoms with Crippen LogP contribution in [0.5, 0.6) is 0 Å². The summed E-state index contributed by atoms with van der Waals surface area (Å²) in [5.74, 6) is -0.666. The van der Waals surface area contributed by atoms with Crippen molar-refractivity contribution in [1.82, 2.24) is 25.8 Å². The second kappa shape index (κ2) is 18.2. The number of aliphatic hydroxyl groups is 1. The minimum Gasteiger partial charge on any atom is -0.472 e. The van der Waals surface area contributed by atoms with Crippen molar-refractivity contribution in [1.29, 1.82) is 0 Å². The zero-order valence-electron chi connectivity index (χ0n) is 27.6. The summed E-state index contributed by atoms with van der Waals surface area (Å²) in [4.78, 5) is 45.5. The molecule has 0 radical (unpaired) electrons. The molecule has 0 saturated heterocycles.